The molecule has 2 aromatic rings. The van der Waals surface area contributed by atoms with Crippen LogP contribution in [0.15, 0.2) is 48.0 Å². The molecule has 0 saturated carbocycles. The number of esters is 2. The summed E-state index contributed by atoms with van der Waals surface area (Å²) in [6.07, 6.45) is 1.30. The zero-order valence-electron chi connectivity index (χ0n) is 14.6. The zero-order valence-corrected chi connectivity index (χ0v) is 14.6. The number of halogens is 2. The maximum absolute atomic E-state index is 13.7. The summed E-state index contributed by atoms with van der Waals surface area (Å²) in [4.78, 5) is 24.2. The van der Waals surface area contributed by atoms with E-state index in [0.29, 0.717) is 11.1 Å². The van der Waals surface area contributed by atoms with Gasteiger partial charge in [-0.1, -0.05) is 30.3 Å². The highest BCUT2D eigenvalue weighted by molar-refractivity contribution is 6.18. The molecule has 1 fully saturated rings. The van der Waals surface area contributed by atoms with Crippen LogP contribution >= 0.6 is 0 Å². The van der Waals surface area contributed by atoms with E-state index in [-0.39, 0.29) is 12.2 Å². The van der Waals surface area contributed by atoms with Crippen molar-refractivity contribution in [3.05, 3.63) is 70.8 Å². The quantitative estimate of drug-likeness (QED) is 0.463. The van der Waals surface area contributed by atoms with Crippen molar-refractivity contribution in [3.8, 4) is 5.75 Å². The molecule has 0 atom stereocenters. The minimum atomic E-state index is -1.34. The third kappa shape index (κ3) is 4.13. The predicted molar refractivity (Wildman–Crippen MR) is 91.4 cm³/mol. The molecule has 140 valence electrons. The van der Waals surface area contributed by atoms with E-state index in [1.165, 1.54) is 26.0 Å². The van der Waals surface area contributed by atoms with Crippen LogP contribution in [0, 0.1) is 11.6 Å². The number of benzene rings is 2. The Balaban J connectivity index is 1.86. The van der Waals surface area contributed by atoms with Crippen LogP contribution in [0.4, 0.5) is 8.78 Å². The molecule has 0 radical (unpaired) electrons. The van der Waals surface area contributed by atoms with E-state index in [9.17, 15) is 18.4 Å². The van der Waals surface area contributed by atoms with Gasteiger partial charge in [0.25, 0.3) is 5.79 Å². The topological polar surface area (TPSA) is 61.8 Å². The molecule has 0 aromatic heterocycles. The smallest absolute Gasteiger partial charge is 0.348 e. The Morgan fingerprint density at radius 2 is 1.56 bits per heavy atom. The summed E-state index contributed by atoms with van der Waals surface area (Å²) in [7, 11) is 0. The molecule has 0 aliphatic carbocycles. The second-order valence-corrected chi connectivity index (χ2v) is 6.28. The Kier molecular flexibility index (Phi) is 4.94. The van der Waals surface area contributed by atoms with E-state index < -0.39 is 35.1 Å². The first-order valence-electron chi connectivity index (χ1n) is 8.10. The van der Waals surface area contributed by atoms with Gasteiger partial charge in [0.2, 0.25) is 0 Å². The lowest BCUT2D eigenvalue weighted by Gasteiger charge is -2.29. The average Bonchev–Trinajstić information content (AvgIpc) is 2.58. The number of para-hydroxylation sites is 1. The predicted octanol–water partition coefficient (Wildman–Crippen LogP) is 3.76. The van der Waals surface area contributed by atoms with Crippen molar-refractivity contribution in [1.82, 2.24) is 0 Å². The van der Waals surface area contributed by atoms with E-state index in [2.05, 4.69) is 0 Å². The number of hydrogen-bond acceptors (Lipinski definition) is 5. The van der Waals surface area contributed by atoms with Crippen molar-refractivity contribution < 1.29 is 32.6 Å². The van der Waals surface area contributed by atoms with Crippen LogP contribution in [0.3, 0.4) is 0 Å². The fourth-order valence-corrected chi connectivity index (χ4v) is 2.51. The molecular formula is C20H16F2O5. The van der Waals surface area contributed by atoms with E-state index in [1.807, 2.05) is 0 Å². The highest BCUT2D eigenvalue weighted by Gasteiger charge is 2.38. The summed E-state index contributed by atoms with van der Waals surface area (Å²) < 4.78 is 42.8. The maximum atomic E-state index is 13.7. The molecule has 0 amide bonds. The van der Waals surface area contributed by atoms with Crippen molar-refractivity contribution in [2.75, 3.05) is 0 Å². The van der Waals surface area contributed by atoms with Crippen LogP contribution in [-0.2, 0) is 25.7 Å². The lowest BCUT2D eigenvalue weighted by Crippen LogP contribution is -2.41. The van der Waals surface area contributed by atoms with Crippen LogP contribution in [0.5, 0.6) is 5.75 Å². The van der Waals surface area contributed by atoms with E-state index in [0.717, 1.165) is 12.1 Å². The Hall–Kier alpha value is -3.22. The van der Waals surface area contributed by atoms with Gasteiger partial charge in [0, 0.05) is 13.8 Å². The van der Waals surface area contributed by atoms with Crippen molar-refractivity contribution in [2.45, 2.75) is 26.2 Å². The molecule has 1 heterocycles. The highest BCUT2D eigenvalue weighted by atomic mass is 19.1. The largest absolute Gasteiger partial charge is 0.483 e. The summed E-state index contributed by atoms with van der Waals surface area (Å²) in [6, 6.07) is 10.1. The van der Waals surface area contributed by atoms with Crippen LogP contribution in [0.25, 0.3) is 6.08 Å². The Bertz CT molecular complexity index is 891. The molecule has 5 nitrogen and oxygen atoms in total. The summed E-state index contributed by atoms with van der Waals surface area (Å²) in [5.41, 5.74) is 0.690. The highest BCUT2D eigenvalue weighted by Crippen LogP contribution is 2.26. The molecular weight excluding hydrogens is 358 g/mol. The van der Waals surface area contributed by atoms with Crippen molar-refractivity contribution in [3.63, 3.8) is 0 Å². The number of ether oxygens (including phenoxy) is 3. The van der Waals surface area contributed by atoms with Gasteiger partial charge in [-0.05, 0) is 29.3 Å². The molecule has 2 aromatic carbocycles. The SMILES string of the molecule is CC1(C)OC(=O)C(=Cc2ccccc2COc2c(F)cccc2F)C(=O)O1. The molecule has 1 aliphatic rings. The first-order chi connectivity index (χ1) is 12.8. The summed E-state index contributed by atoms with van der Waals surface area (Å²) in [6.45, 7) is 2.72. The number of carbonyl (C=O) groups is 2. The first kappa shape index (κ1) is 18.6. The van der Waals surface area contributed by atoms with Gasteiger partial charge in [0.1, 0.15) is 12.2 Å². The summed E-state index contributed by atoms with van der Waals surface area (Å²) >= 11 is 0. The fourth-order valence-electron chi connectivity index (χ4n) is 2.51. The number of rotatable bonds is 4. The normalized spacial score (nSPS) is 15.8. The van der Waals surface area contributed by atoms with Gasteiger partial charge < -0.3 is 14.2 Å². The van der Waals surface area contributed by atoms with Gasteiger partial charge in [-0.3, -0.25) is 0 Å². The third-order valence-corrected chi connectivity index (χ3v) is 3.76. The lowest BCUT2D eigenvalue weighted by molar-refractivity contribution is -0.222. The number of hydrogen-bond donors (Lipinski definition) is 0. The van der Waals surface area contributed by atoms with Crippen molar-refractivity contribution in [1.29, 1.82) is 0 Å². The van der Waals surface area contributed by atoms with Gasteiger partial charge in [-0.15, -0.1) is 0 Å². The van der Waals surface area contributed by atoms with Crippen LogP contribution in [-0.4, -0.2) is 17.7 Å². The second-order valence-electron chi connectivity index (χ2n) is 6.28. The van der Waals surface area contributed by atoms with Crippen LogP contribution in [0.1, 0.15) is 25.0 Å². The van der Waals surface area contributed by atoms with Crippen LogP contribution < -0.4 is 4.74 Å². The fraction of sp³-hybridized carbons (Fsp3) is 0.200. The minimum Gasteiger partial charge on any atom is -0.483 e. The van der Waals surface area contributed by atoms with Crippen LogP contribution in [0.2, 0.25) is 0 Å². The van der Waals surface area contributed by atoms with E-state index >= 15 is 0 Å². The summed E-state index contributed by atoms with van der Waals surface area (Å²) in [5, 5.41) is 0. The number of carbonyl (C=O) groups excluding carboxylic acids is 2. The Labute approximate surface area is 154 Å². The van der Waals surface area contributed by atoms with Gasteiger partial charge in [-0.2, -0.15) is 0 Å². The molecule has 0 spiro atoms. The zero-order chi connectivity index (χ0) is 19.6. The Morgan fingerprint density at radius 3 is 2.19 bits per heavy atom. The van der Waals surface area contributed by atoms with Crippen molar-refractivity contribution >= 4 is 18.0 Å². The minimum absolute atomic E-state index is 0.173. The molecule has 3 rings (SSSR count). The molecule has 0 bridgehead atoms. The van der Waals surface area contributed by atoms with Gasteiger partial charge in [0.05, 0.1) is 0 Å². The average molecular weight is 374 g/mol. The maximum Gasteiger partial charge on any atom is 0.348 e. The molecule has 27 heavy (non-hydrogen) atoms. The molecule has 0 N–H and O–H groups in total. The van der Waals surface area contributed by atoms with E-state index in [1.54, 1.807) is 24.3 Å². The van der Waals surface area contributed by atoms with E-state index in [4.69, 9.17) is 14.2 Å². The Morgan fingerprint density at radius 1 is 0.963 bits per heavy atom. The van der Waals surface area contributed by atoms with Gasteiger partial charge >= 0.3 is 11.9 Å². The van der Waals surface area contributed by atoms with Crippen molar-refractivity contribution in [2.24, 2.45) is 0 Å². The molecule has 0 unspecified atom stereocenters. The molecule has 1 saturated heterocycles. The number of cyclic esters (lactones) is 2. The third-order valence-electron chi connectivity index (χ3n) is 3.76. The monoisotopic (exact) mass is 374 g/mol. The standard InChI is InChI=1S/C20H16F2O5/c1-20(2)26-18(23)14(19(24)27-20)10-12-6-3-4-7-13(12)11-25-17-15(21)8-5-9-16(17)22/h3-10H,11H2,1-2H3. The lowest BCUT2D eigenvalue weighted by atomic mass is 10.0. The second kappa shape index (κ2) is 7.19. The molecule has 1 aliphatic heterocycles. The summed E-state index contributed by atoms with van der Waals surface area (Å²) in [5.74, 6) is -5.12. The van der Waals surface area contributed by atoms with Gasteiger partial charge in [0.15, 0.2) is 17.4 Å². The molecule has 7 heteroatoms. The first-order valence-corrected chi connectivity index (χ1v) is 8.10. The van der Waals surface area contributed by atoms with Gasteiger partial charge in [-0.25, -0.2) is 18.4 Å².